The van der Waals surface area contributed by atoms with Crippen molar-refractivity contribution in [3.8, 4) is 0 Å². The lowest BCUT2D eigenvalue weighted by Crippen LogP contribution is -2.54. The van der Waals surface area contributed by atoms with Gasteiger partial charge in [-0.3, -0.25) is 9.89 Å². The van der Waals surface area contributed by atoms with Gasteiger partial charge in [0, 0.05) is 39.8 Å². The van der Waals surface area contributed by atoms with Crippen LogP contribution in [0.5, 0.6) is 0 Å². The van der Waals surface area contributed by atoms with Gasteiger partial charge < -0.3 is 15.0 Å². The molecule has 8 nitrogen and oxygen atoms in total. The molecule has 0 aromatic rings. The van der Waals surface area contributed by atoms with Crippen molar-refractivity contribution in [2.75, 3.05) is 72.3 Å². The SMILES string of the molecule is CN=C(NCCCN(C)CC(F)(F)F)N1CCN(S(=O)(=O)CCOC(C)C)CC1. The molecular weight excluding hydrogens is 411 g/mol. The second kappa shape index (κ2) is 11.9. The molecule has 0 spiro atoms. The van der Waals surface area contributed by atoms with E-state index in [0.29, 0.717) is 51.6 Å². The molecule has 1 aliphatic rings. The summed E-state index contributed by atoms with van der Waals surface area (Å²) in [5, 5.41) is 3.14. The van der Waals surface area contributed by atoms with Crippen LogP contribution in [0.3, 0.4) is 0 Å². The number of guanidine groups is 1. The summed E-state index contributed by atoms with van der Waals surface area (Å²) in [6.07, 6.45) is -3.67. The molecule has 1 N–H and O–H groups in total. The van der Waals surface area contributed by atoms with Crippen LogP contribution in [0.2, 0.25) is 0 Å². The zero-order chi connectivity index (χ0) is 22.1. The normalized spacial score (nSPS) is 17.4. The first-order valence-corrected chi connectivity index (χ1v) is 11.4. The zero-order valence-electron chi connectivity index (χ0n) is 17.7. The van der Waals surface area contributed by atoms with Crippen LogP contribution in [0.1, 0.15) is 20.3 Å². The summed E-state index contributed by atoms with van der Waals surface area (Å²) in [5.74, 6) is 0.590. The van der Waals surface area contributed by atoms with Gasteiger partial charge in [-0.25, -0.2) is 8.42 Å². The van der Waals surface area contributed by atoms with E-state index >= 15 is 0 Å². The van der Waals surface area contributed by atoms with Crippen LogP contribution in [0, 0.1) is 0 Å². The average Bonchev–Trinajstić information content (AvgIpc) is 2.60. The van der Waals surface area contributed by atoms with Crippen molar-refractivity contribution < 1.29 is 26.3 Å². The molecule has 1 heterocycles. The summed E-state index contributed by atoms with van der Waals surface area (Å²) in [5.41, 5.74) is 0. The lowest BCUT2D eigenvalue weighted by molar-refractivity contribution is -0.143. The van der Waals surface area contributed by atoms with Crippen molar-refractivity contribution in [2.45, 2.75) is 32.5 Å². The Bertz CT molecular complexity index is 606. The smallest absolute Gasteiger partial charge is 0.378 e. The molecule has 12 heteroatoms. The van der Waals surface area contributed by atoms with Gasteiger partial charge in [-0.2, -0.15) is 17.5 Å². The summed E-state index contributed by atoms with van der Waals surface area (Å²) in [6, 6.07) is 0. The lowest BCUT2D eigenvalue weighted by atomic mass is 10.3. The second-order valence-corrected chi connectivity index (χ2v) is 9.39. The summed E-state index contributed by atoms with van der Waals surface area (Å²) >= 11 is 0. The Morgan fingerprint density at radius 1 is 1.24 bits per heavy atom. The van der Waals surface area contributed by atoms with Crippen LogP contribution in [0.15, 0.2) is 4.99 Å². The minimum atomic E-state index is -4.20. The number of sulfonamides is 1. The van der Waals surface area contributed by atoms with Crippen LogP contribution in [-0.2, 0) is 14.8 Å². The van der Waals surface area contributed by atoms with Crippen LogP contribution < -0.4 is 5.32 Å². The number of halogens is 3. The van der Waals surface area contributed by atoms with Crippen LogP contribution in [0.4, 0.5) is 13.2 Å². The van der Waals surface area contributed by atoms with E-state index in [-0.39, 0.29) is 18.5 Å². The van der Waals surface area contributed by atoms with E-state index in [1.807, 2.05) is 18.7 Å². The highest BCUT2D eigenvalue weighted by Gasteiger charge is 2.29. The van der Waals surface area contributed by atoms with Crippen LogP contribution in [-0.4, -0.2) is 113 Å². The highest BCUT2D eigenvalue weighted by atomic mass is 32.2. The Hall–Kier alpha value is -1.11. The molecule has 0 radical (unpaired) electrons. The molecule has 1 rings (SSSR count). The van der Waals surface area contributed by atoms with Gasteiger partial charge in [0.05, 0.1) is 25.0 Å². The number of rotatable bonds is 10. The van der Waals surface area contributed by atoms with Crippen molar-refractivity contribution >= 4 is 16.0 Å². The predicted octanol–water partition coefficient (Wildman–Crippen LogP) is 0.818. The largest absolute Gasteiger partial charge is 0.401 e. The summed E-state index contributed by atoms with van der Waals surface area (Å²) in [6.45, 7) is 5.48. The van der Waals surface area contributed by atoms with Crippen molar-refractivity contribution in [1.29, 1.82) is 0 Å². The Balaban J connectivity index is 2.36. The van der Waals surface area contributed by atoms with E-state index in [9.17, 15) is 21.6 Å². The molecule has 0 saturated carbocycles. The van der Waals surface area contributed by atoms with Crippen molar-refractivity contribution in [3.05, 3.63) is 0 Å². The Morgan fingerprint density at radius 2 is 1.86 bits per heavy atom. The number of alkyl halides is 3. The Kier molecular flexibility index (Phi) is 10.7. The standard InChI is InChI=1S/C17H34F3N5O3S/c1-15(2)28-12-13-29(26,27)25-10-8-24(9-11-25)16(21-3)22-6-5-7-23(4)14-17(18,19)20/h15H,5-14H2,1-4H3,(H,21,22). The molecule has 0 amide bonds. The highest BCUT2D eigenvalue weighted by Crippen LogP contribution is 2.15. The topological polar surface area (TPSA) is 77.5 Å². The van der Waals surface area contributed by atoms with Crippen molar-refractivity contribution in [3.63, 3.8) is 0 Å². The first kappa shape index (κ1) is 25.9. The van der Waals surface area contributed by atoms with Gasteiger partial charge in [0.25, 0.3) is 0 Å². The number of nitrogens with one attached hydrogen (secondary N) is 1. The molecular formula is C17H34F3N5O3S. The number of ether oxygens (including phenoxy) is 1. The third-order valence-electron chi connectivity index (χ3n) is 4.38. The maximum absolute atomic E-state index is 12.4. The number of piperazine rings is 1. The van der Waals surface area contributed by atoms with Gasteiger partial charge >= 0.3 is 6.18 Å². The van der Waals surface area contributed by atoms with E-state index in [1.54, 1.807) is 7.05 Å². The van der Waals surface area contributed by atoms with Gasteiger partial charge in [0.2, 0.25) is 10.0 Å². The molecule has 0 bridgehead atoms. The molecule has 1 saturated heterocycles. The number of hydrogen-bond acceptors (Lipinski definition) is 5. The van der Waals surface area contributed by atoms with E-state index in [4.69, 9.17) is 4.74 Å². The summed E-state index contributed by atoms with van der Waals surface area (Å²) in [7, 11) is -0.288. The van der Waals surface area contributed by atoms with E-state index < -0.39 is 22.7 Å². The molecule has 0 aromatic carbocycles. The Morgan fingerprint density at radius 3 is 2.38 bits per heavy atom. The van der Waals surface area contributed by atoms with Gasteiger partial charge in [0.1, 0.15) is 0 Å². The molecule has 1 fully saturated rings. The fourth-order valence-corrected chi connectivity index (χ4v) is 4.25. The number of hydrogen-bond donors (Lipinski definition) is 1. The average molecular weight is 446 g/mol. The maximum Gasteiger partial charge on any atom is 0.401 e. The highest BCUT2D eigenvalue weighted by molar-refractivity contribution is 7.89. The molecule has 172 valence electrons. The van der Waals surface area contributed by atoms with Gasteiger partial charge in [-0.05, 0) is 33.9 Å². The monoisotopic (exact) mass is 445 g/mol. The van der Waals surface area contributed by atoms with E-state index in [0.717, 1.165) is 0 Å². The predicted molar refractivity (Wildman–Crippen MR) is 108 cm³/mol. The van der Waals surface area contributed by atoms with Gasteiger partial charge in [-0.15, -0.1) is 0 Å². The Labute approximate surface area is 172 Å². The third-order valence-corrected chi connectivity index (χ3v) is 6.22. The zero-order valence-corrected chi connectivity index (χ0v) is 18.5. The number of nitrogens with zero attached hydrogens (tertiary/aromatic N) is 4. The molecule has 0 aromatic heterocycles. The van der Waals surface area contributed by atoms with E-state index in [1.165, 1.54) is 16.3 Å². The fraction of sp³-hybridized carbons (Fsp3) is 0.941. The maximum atomic E-state index is 12.4. The van der Waals surface area contributed by atoms with Crippen LogP contribution in [0.25, 0.3) is 0 Å². The fourth-order valence-electron chi connectivity index (χ4n) is 2.96. The molecule has 29 heavy (non-hydrogen) atoms. The lowest BCUT2D eigenvalue weighted by Gasteiger charge is -2.36. The number of aliphatic imine (C=N–C) groups is 1. The molecule has 0 atom stereocenters. The van der Waals surface area contributed by atoms with Crippen molar-refractivity contribution in [1.82, 2.24) is 19.4 Å². The first-order valence-electron chi connectivity index (χ1n) is 9.75. The summed E-state index contributed by atoms with van der Waals surface area (Å²) < 4.78 is 68.5. The van der Waals surface area contributed by atoms with E-state index in [2.05, 4.69) is 10.3 Å². The molecule has 0 unspecified atom stereocenters. The van der Waals surface area contributed by atoms with Gasteiger partial charge in [0.15, 0.2) is 5.96 Å². The summed E-state index contributed by atoms with van der Waals surface area (Å²) in [4.78, 5) is 7.38. The minimum Gasteiger partial charge on any atom is -0.378 e. The van der Waals surface area contributed by atoms with Crippen molar-refractivity contribution in [2.24, 2.45) is 4.99 Å². The third kappa shape index (κ3) is 10.5. The minimum absolute atomic E-state index is 0.00954. The second-order valence-electron chi connectivity index (χ2n) is 7.30. The quantitative estimate of drug-likeness (QED) is 0.305. The molecule has 1 aliphatic heterocycles. The van der Waals surface area contributed by atoms with Gasteiger partial charge in [-0.1, -0.05) is 0 Å². The molecule has 0 aliphatic carbocycles. The van der Waals surface area contributed by atoms with Crippen LogP contribution >= 0.6 is 0 Å². The first-order chi connectivity index (χ1) is 13.4.